The Bertz CT molecular complexity index is 1160. The summed E-state index contributed by atoms with van der Waals surface area (Å²) in [5, 5.41) is 33.1. The van der Waals surface area contributed by atoms with Crippen molar-refractivity contribution >= 4 is 0 Å². The number of phenolic OH excluding ortho intramolecular Hbond substituents is 1. The van der Waals surface area contributed by atoms with Crippen LogP contribution in [0.15, 0.2) is 40.9 Å². The standard InChI is InChI=1S/C33H48N2O5/c1-3-4-9-32-27(22-36)18-29(40-32)12-10-24-11-13-31(38)33(16-24)39-15-14-28-17-26(20-35-28)30(21-34-19-23(2)37)25-7-5-6-8-25/h11,13,16-18,20,23,25,30,34-38H,3-10,12,14-15,19,21-22H2,1-2H3/t23-,30+/m0/s1. The van der Waals surface area contributed by atoms with Gasteiger partial charge >= 0.3 is 0 Å². The van der Waals surface area contributed by atoms with Crippen molar-refractivity contribution in [1.29, 1.82) is 0 Å². The van der Waals surface area contributed by atoms with Crippen molar-refractivity contribution in [2.75, 3.05) is 19.7 Å². The fraction of sp³-hybridized carbons (Fsp3) is 0.576. The number of aliphatic hydroxyl groups is 2. The zero-order chi connectivity index (χ0) is 28.3. The van der Waals surface area contributed by atoms with Crippen molar-refractivity contribution in [2.45, 2.75) is 96.7 Å². The van der Waals surface area contributed by atoms with Crippen LogP contribution in [-0.4, -0.2) is 46.1 Å². The monoisotopic (exact) mass is 552 g/mol. The molecule has 5 N–H and O–H groups in total. The van der Waals surface area contributed by atoms with Crippen LogP contribution in [0.3, 0.4) is 0 Å². The Labute approximate surface area is 239 Å². The smallest absolute Gasteiger partial charge is 0.161 e. The summed E-state index contributed by atoms with van der Waals surface area (Å²) >= 11 is 0. The minimum absolute atomic E-state index is 0.00314. The Hall–Kier alpha value is -2.74. The average molecular weight is 553 g/mol. The van der Waals surface area contributed by atoms with Gasteiger partial charge in [-0.15, -0.1) is 0 Å². The van der Waals surface area contributed by atoms with Crippen molar-refractivity contribution in [3.63, 3.8) is 0 Å². The van der Waals surface area contributed by atoms with Crippen molar-refractivity contribution in [3.05, 3.63) is 70.4 Å². The Balaban J connectivity index is 1.30. The largest absolute Gasteiger partial charge is 0.504 e. The average Bonchev–Trinajstić information content (AvgIpc) is 3.72. The summed E-state index contributed by atoms with van der Waals surface area (Å²) in [5.74, 6) is 3.54. The Morgan fingerprint density at radius 2 is 1.90 bits per heavy atom. The van der Waals surface area contributed by atoms with E-state index in [2.05, 4.69) is 29.5 Å². The number of rotatable bonds is 17. The minimum Gasteiger partial charge on any atom is -0.504 e. The van der Waals surface area contributed by atoms with E-state index in [1.54, 1.807) is 6.07 Å². The van der Waals surface area contributed by atoms with Crippen molar-refractivity contribution in [1.82, 2.24) is 10.3 Å². The predicted molar refractivity (Wildman–Crippen MR) is 158 cm³/mol. The molecule has 3 aromatic rings. The molecule has 1 aliphatic rings. The van der Waals surface area contributed by atoms with Crippen molar-refractivity contribution < 1.29 is 24.5 Å². The molecule has 1 fully saturated rings. The predicted octanol–water partition coefficient (Wildman–Crippen LogP) is 5.80. The van der Waals surface area contributed by atoms with E-state index in [0.29, 0.717) is 30.7 Å². The maximum atomic E-state index is 10.4. The number of aromatic nitrogens is 1. The molecule has 7 nitrogen and oxygen atoms in total. The number of H-pyrrole nitrogens is 1. The number of aromatic amines is 1. The fourth-order valence-electron chi connectivity index (χ4n) is 5.89. The maximum absolute atomic E-state index is 10.4. The number of furan rings is 1. The lowest BCUT2D eigenvalue weighted by Gasteiger charge is -2.23. The van der Waals surface area contributed by atoms with E-state index in [0.717, 1.165) is 73.4 Å². The van der Waals surface area contributed by atoms with Gasteiger partial charge in [-0.2, -0.15) is 0 Å². The Morgan fingerprint density at radius 3 is 2.65 bits per heavy atom. The van der Waals surface area contributed by atoms with Gasteiger partial charge in [-0.1, -0.05) is 32.3 Å². The van der Waals surface area contributed by atoms with Crippen LogP contribution in [-0.2, 0) is 32.3 Å². The number of aryl methyl sites for hydroxylation is 3. The second kappa shape index (κ2) is 15.3. The number of hydrogen-bond donors (Lipinski definition) is 5. The number of unbranched alkanes of at least 4 members (excludes halogenated alkanes) is 1. The normalized spacial score (nSPS) is 15.5. The number of nitrogens with one attached hydrogen (secondary N) is 2. The molecule has 1 aromatic carbocycles. The highest BCUT2D eigenvalue weighted by Crippen LogP contribution is 2.37. The molecule has 0 spiro atoms. The van der Waals surface area contributed by atoms with Gasteiger partial charge in [-0.05, 0) is 73.9 Å². The summed E-state index contributed by atoms with van der Waals surface area (Å²) in [6.45, 7) is 5.92. The molecule has 40 heavy (non-hydrogen) atoms. The molecule has 0 aliphatic heterocycles. The summed E-state index contributed by atoms with van der Waals surface area (Å²) < 4.78 is 12.0. The molecule has 2 atom stereocenters. The molecular formula is C33H48N2O5. The molecule has 1 aliphatic carbocycles. The summed E-state index contributed by atoms with van der Waals surface area (Å²) in [6, 6.07) is 9.74. The zero-order valence-electron chi connectivity index (χ0n) is 24.3. The second-order valence-corrected chi connectivity index (χ2v) is 11.4. The summed E-state index contributed by atoms with van der Waals surface area (Å²) in [5.41, 5.74) is 4.40. The number of hydrogen-bond acceptors (Lipinski definition) is 6. The topological polar surface area (TPSA) is 111 Å². The first-order valence-electron chi connectivity index (χ1n) is 15.2. The Kier molecular flexibility index (Phi) is 11.6. The molecule has 0 unspecified atom stereocenters. The van der Waals surface area contributed by atoms with Gasteiger partial charge in [0.05, 0.1) is 19.3 Å². The van der Waals surface area contributed by atoms with Crippen LogP contribution in [0.1, 0.15) is 92.2 Å². The molecular weight excluding hydrogens is 504 g/mol. The van der Waals surface area contributed by atoms with Gasteiger partial charge in [-0.3, -0.25) is 0 Å². The molecule has 1 saturated carbocycles. The fourth-order valence-corrected chi connectivity index (χ4v) is 5.89. The highest BCUT2D eigenvalue weighted by atomic mass is 16.5. The van der Waals surface area contributed by atoms with Gasteiger partial charge in [0.25, 0.3) is 0 Å². The van der Waals surface area contributed by atoms with Gasteiger partial charge < -0.3 is 34.8 Å². The molecule has 0 saturated heterocycles. The van der Waals surface area contributed by atoms with Crippen LogP contribution in [0, 0.1) is 5.92 Å². The molecule has 2 heterocycles. The third-order valence-corrected chi connectivity index (χ3v) is 8.15. The number of aliphatic hydroxyl groups excluding tert-OH is 2. The quantitative estimate of drug-likeness (QED) is 0.145. The Morgan fingerprint density at radius 1 is 1.07 bits per heavy atom. The highest BCUT2D eigenvalue weighted by Gasteiger charge is 2.27. The van der Waals surface area contributed by atoms with Crippen molar-refractivity contribution in [2.24, 2.45) is 5.92 Å². The first-order valence-corrected chi connectivity index (χ1v) is 15.2. The van der Waals surface area contributed by atoms with Crippen LogP contribution < -0.4 is 10.1 Å². The van der Waals surface area contributed by atoms with Gasteiger partial charge in [-0.25, -0.2) is 0 Å². The van der Waals surface area contributed by atoms with E-state index in [9.17, 15) is 15.3 Å². The third kappa shape index (κ3) is 8.63. The second-order valence-electron chi connectivity index (χ2n) is 11.4. The van der Waals surface area contributed by atoms with Gasteiger partial charge in [0.1, 0.15) is 11.5 Å². The number of aromatic hydroxyl groups is 1. The van der Waals surface area contributed by atoms with Gasteiger partial charge in [0.15, 0.2) is 11.5 Å². The molecule has 0 amide bonds. The maximum Gasteiger partial charge on any atom is 0.161 e. The molecule has 4 rings (SSSR count). The summed E-state index contributed by atoms with van der Waals surface area (Å²) in [7, 11) is 0. The third-order valence-electron chi connectivity index (χ3n) is 8.15. The summed E-state index contributed by atoms with van der Waals surface area (Å²) in [4.78, 5) is 3.44. The minimum atomic E-state index is -0.342. The van der Waals surface area contributed by atoms with Crippen LogP contribution in [0.25, 0.3) is 0 Å². The van der Waals surface area contributed by atoms with Crippen molar-refractivity contribution in [3.8, 4) is 11.5 Å². The number of phenols is 1. The van der Waals surface area contributed by atoms with Gasteiger partial charge in [0.2, 0.25) is 0 Å². The van der Waals surface area contributed by atoms with E-state index in [4.69, 9.17) is 9.15 Å². The lowest BCUT2D eigenvalue weighted by molar-refractivity contribution is 0.189. The SMILES string of the molecule is CCCCc1oc(CCc2ccc(O)c(OCCc3cc([C@H](CNC[C@H](C)O)C4CCCC4)c[nH]3)c2)cc1CO. The molecule has 0 bridgehead atoms. The number of benzene rings is 1. The van der Waals surface area contributed by atoms with E-state index < -0.39 is 0 Å². The van der Waals surface area contributed by atoms with E-state index in [-0.39, 0.29) is 18.5 Å². The van der Waals surface area contributed by atoms with Crippen LogP contribution >= 0.6 is 0 Å². The van der Waals surface area contributed by atoms with E-state index in [1.165, 1.54) is 31.2 Å². The van der Waals surface area contributed by atoms with E-state index >= 15 is 0 Å². The molecule has 7 heteroatoms. The first-order chi connectivity index (χ1) is 19.5. The first kappa shape index (κ1) is 30.2. The van der Waals surface area contributed by atoms with Crippen LogP contribution in [0.4, 0.5) is 0 Å². The zero-order valence-corrected chi connectivity index (χ0v) is 24.3. The molecule has 0 radical (unpaired) electrons. The summed E-state index contributed by atoms with van der Waals surface area (Å²) in [6.07, 6.45) is 12.1. The number of ether oxygens (including phenoxy) is 1. The van der Waals surface area contributed by atoms with E-state index in [1.807, 2.05) is 25.1 Å². The van der Waals surface area contributed by atoms with Crippen LogP contribution in [0.5, 0.6) is 11.5 Å². The molecule has 2 aromatic heterocycles. The lowest BCUT2D eigenvalue weighted by atomic mass is 9.86. The lowest BCUT2D eigenvalue weighted by Crippen LogP contribution is -2.30. The highest BCUT2D eigenvalue weighted by molar-refractivity contribution is 5.42. The van der Waals surface area contributed by atoms with Gasteiger partial charge in [0, 0.05) is 55.7 Å². The van der Waals surface area contributed by atoms with Crippen LogP contribution in [0.2, 0.25) is 0 Å². The molecule has 220 valence electrons.